The summed E-state index contributed by atoms with van der Waals surface area (Å²) in [6, 6.07) is 18.0. The third-order valence-corrected chi connectivity index (χ3v) is 10.5. The molecule has 2 aliphatic carbocycles. The van der Waals surface area contributed by atoms with Gasteiger partial charge in [-0.2, -0.15) is 5.26 Å². The molecule has 2 heterocycles. The number of Topliss-reactive ketones (excluding diaryl/α,β-unsaturated/α-hetero) is 1. The van der Waals surface area contributed by atoms with Crippen molar-refractivity contribution < 1.29 is 22.4 Å². The van der Waals surface area contributed by atoms with Gasteiger partial charge in [-0.25, -0.2) is 13.4 Å². The van der Waals surface area contributed by atoms with E-state index in [1.807, 2.05) is 48.5 Å². The number of benzene rings is 2. The molecule has 1 aromatic heterocycles. The Kier molecular flexibility index (Phi) is 7.37. The number of methoxy groups -OCH3 is 1. The van der Waals surface area contributed by atoms with E-state index in [0.717, 1.165) is 66.8 Å². The van der Waals surface area contributed by atoms with E-state index in [-0.39, 0.29) is 29.1 Å². The Morgan fingerprint density at radius 3 is 2.51 bits per heavy atom. The summed E-state index contributed by atoms with van der Waals surface area (Å²) in [5.41, 5.74) is 2.90. The average Bonchev–Trinajstić information content (AvgIpc) is 3.63. The summed E-state index contributed by atoms with van der Waals surface area (Å²) in [4.78, 5) is 20.7. The Balaban J connectivity index is 1.36. The summed E-state index contributed by atoms with van der Waals surface area (Å²) < 4.78 is 35.8. The van der Waals surface area contributed by atoms with Crippen LogP contribution in [0.25, 0.3) is 22.7 Å². The van der Waals surface area contributed by atoms with Crippen LogP contribution in [-0.2, 0) is 14.6 Å². The molecule has 2 atom stereocenters. The van der Waals surface area contributed by atoms with Gasteiger partial charge in [0.25, 0.3) is 0 Å². The highest BCUT2D eigenvalue weighted by Gasteiger charge is 2.47. The second kappa shape index (κ2) is 11.0. The Bertz CT molecular complexity index is 1570. The van der Waals surface area contributed by atoms with Gasteiger partial charge in [-0.05, 0) is 56.0 Å². The Hall–Kier alpha value is -3.64. The molecular weight excluding hydrogens is 538 g/mol. The minimum atomic E-state index is -2.96. The molecule has 0 unspecified atom stereocenters. The van der Waals surface area contributed by atoms with Crippen molar-refractivity contribution in [3.05, 3.63) is 54.3 Å². The zero-order valence-corrected chi connectivity index (χ0v) is 24.2. The van der Waals surface area contributed by atoms with Crippen molar-refractivity contribution in [2.45, 2.75) is 50.9 Å². The average molecular weight is 574 g/mol. The number of nitrogens with zero attached hydrogens (tertiary/aromatic N) is 3. The molecule has 2 aromatic carbocycles. The molecule has 214 valence electrons. The number of ketones is 1. The molecule has 0 spiro atoms. The normalized spacial score (nSPS) is 23.0. The maximum Gasteiger partial charge on any atom is 0.227 e. The molecule has 8 nitrogen and oxygen atoms in total. The van der Waals surface area contributed by atoms with E-state index in [1.165, 1.54) is 0 Å². The fraction of sp³-hybridized carbons (Fsp3) is 0.469. The number of rotatable bonds is 8. The highest BCUT2D eigenvalue weighted by Crippen LogP contribution is 2.51. The van der Waals surface area contributed by atoms with Crippen LogP contribution < -0.4 is 9.64 Å². The maximum absolute atomic E-state index is 13.6. The first-order valence-corrected chi connectivity index (χ1v) is 16.3. The SMILES string of the molecule is COc1cccc(-c2nc(-c3ccc(N4CCS(=O)(=O)CC4)cc3)c([C@@H]3CCCC[C@H]3C(=O)CC3(C#N)CC3)o2)c1. The van der Waals surface area contributed by atoms with Gasteiger partial charge >= 0.3 is 0 Å². The van der Waals surface area contributed by atoms with Gasteiger partial charge in [-0.15, -0.1) is 0 Å². The first kappa shape index (κ1) is 27.5. The highest BCUT2D eigenvalue weighted by molar-refractivity contribution is 7.91. The van der Waals surface area contributed by atoms with Gasteiger partial charge in [0.05, 0.1) is 30.1 Å². The summed E-state index contributed by atoms with van der Waals surface area (Å²) in [5, 5.41) is 9.62. The zero-order valence-electron chi connectivity index (χ0n) is 23.3. The minimum absolute atomic E-state index is 0.112. The lowest BCUT2D eigenvalue weighted by Gasteiger charge is -2.30. The van der Waals surface area contributed by atoms with Crippen LogP contribution in [0.3, 0.4) is 0 Å². The number of aromatic nitrogens is 1. The second-order valence-electron chi connectivity index (χ2n) is 11.7. The minimum Gasteiger partial charge on any atom is -0.497 e. The van der Waals surface area contributed by atoms with Gasteiger partial charge in [-0.3, -0.25) is 4.79 Å². The van der Waals surface area contributed by atoms with Crippen molar-refractivity contribution in [2.75, 3.05) is 36.6 Å². The standard InChI is InChI=1S/C32H35N3O5S/c1-39-25-6-4-5-23(19-25)31-34-29(22-9-11-24(12-10-22)35-15-17-41(37,38)18-16-35)30(40-31)27-8-3-2-7-26(27)28(36)20-32(21-33)13-14-32/h4-6,9-12,19,26-27H,2-3,7-8,13-18,20H2,1H3/t26-,27-/m1/s1. The fourth-order valence-electron chi connectivity index (χ4n) is 6.24. The van der Waals surface area contributed by atoms with Crippen molar-refractivity contribution in [2.24, 2.45) is 11.3 Å². The van der Waals surface area contributed by atoms with Crippen LogP contribution in [0.5, 0.6) is 5.75 Å². The molecule has 0 radical (unpaired) electrons. The van der Waals surface area contributed by atoms with Crippen LogP contribution in [0.15, 0.2) is 52.9 Å². The van der Waals surface area contributed by atoms with E-state index in [1.54, 1.807) is 7.11 Å². The molecule has 3 aromatic rings. The number of carbonyl (C=O) groups excluding carboxylic acids is 1. The Morgan fingerprint density at radius 2 is 1.83 bits per heavy atom. The largest absolute Gasteiger partial charge is 0.497 e. The number of oxazole rings is 1. The number of hydrogen-bond donors (Lipinski definition) is 0. The van der Waals surface area contributed by atoms with Crippen LogP contribution >= 0.6 is 0 Å². The molecule has 41 heavy (non-hydrogen) atoms. The molecule has 0 N–H and O–H groups in total. The van der Waals surface area contributed by atoms with E-state index in [2.05, 4.69) is 11.0 Å². The molecular formula is C32H35N3O5S. The summed E-state index contributed by atoms with van der Waals surface area (Å²) >= 11 is 0. The van der Waals surface area contributed by atoms with Gasteiger partial charge in [0.15, 0.2) is 9.84 Å². The molecule has 1 aliphatic heterocycles. The molecule has 0 bridgehead atoms. The quantitative estimate of drug-likeness (QED) is 0.333. The first-order chi connectivity index (χ1) is 19.8. The third kappa shape index (κ3) is 5.76. The van der Waals surface area contributed by atoms with E-state index in [0.29, 0.717) is 31.2 Å². The number of ether oxygens (including phenoxy) is 1. The lowest BCUT2D eigenvalue weighted by atomic mass is 9.73. The Labute approximate surface area is 241 Å². The monoisotopic (exact) mass is 573 g/mol. The summed E-state index contributed by atoms with van der Waals surface area (Å²) in [5.74, 6) is 2.08. The highest BCUT2D eigenvalue weighted by atomic mass is 32.2. The third-order valence-electron chi connectivity index (χ3n) is 8.94. The summed E-state index contributed by atoms with van der Waals surface area (Å²) in [6.45, 7) is 0.958. The van der Waals surface area contributed by atoms with Crippen LogP contribution in [-0.4, -0.2) is 50.9 Å². The number of hydrogen-bond acceptors (Lipinski definition) is 8. The van der Waals surface area contributed by atoms with Gasteiger partial charge in [0, 0.05) is 48.2 Å². The second-order valence-corrected chi connectivity index (χ2v) is 14.0. The van der Waals surface area contributed by atoms with Crippen LogP contribution in [0.1, 0.15) is 56.6 Å². The van der Waals surface area contributed by atoms with Crippen molar-refractivity contribution in [1.82, 2.24) is 4.98 Å². The smallest absolute Gasteiger partial charge is 0.227 e. The van der Waals surface area contributed by atoms with Crippen molar-refractivity contribution >= 4 is 21.3 Å². The number of nitriles is 1. The molecule has 1 saturated heterocycles. The molecule has 6 rings (SSSR count). The van der Waals surface area contributed by atoms with Gasteiger partial charge in [0.2, 0.25) is 5.89 Å². The molecule has 3 aliphatic rings. The van der Waals surface area contributed by atoms with Crippen molar-refractivity contribution in [3.8, 4) is 34.5 Å². The summed E-state index contributed by atoms with van der Waals surface area (Å²) in [6.07, 6.45) is 5.52. The van der Waals surface area contributed by atoms with Crippen molar-refractivity contribution in [3.63, 3.8) is 0 Å². The first-order valence-electron chi connectivity index (χ1n) is 14.4. The number of sulfone groups is 1. The van der Waals surface area contributed by atoms with Crippen LogP contribution in [0.4, 0.5) is 5.69 Å². The molecule has 0 amide bonds. The number of anilines is 1. The zero-order chi connectivity index (χ0) is 28.6. The molecule has 9 heteroatoms. The van der Waals surface area contributed by atoms with E-state index in [9.17, 15) is 18.5 Å². The maximum atomic E-state index is 13.6. The Morgan fingerprint density at radius 1 is 1.10 bits per heavy atom. The topological polar surface area (TPSA) is 113 Å². The summed E-state index contributed by atoms with van der Waals surface area (Å²) in [7, 11) is -1.34. The number of carbonyl (C=O) groups is 1. The van der Waals surface area contributed by atoms with Gasteiger partial charge < -0.3 is 14.1 Å². The van der Waals surface area contributed by atoms with Crippen LogP contribution in [0.2, 0.25) is 0 Å². The van der Waals surface area contributed by atoms with E-state index in [4.69, 9.17) is 14.1 Å². The lowest BCUT2D eigenvalue weighted by Crippen LogP contribution is -2.40. The van der Waals surface area contributed by atoms with Crippen molar-refractivity contribution in [1.29, 1.82) is 5.26 Å². The van der Waals surface area contributed by atoms with Crippen LogP contribution in [0, 0.1) is 22.7 Å². The van der Waals surface area contributed by atoms with E-state index >= 15 is 0 Å². The van der Waals surface area contributed by atoms with Gasteiger partial charge in [0.1, 0.15) is 23.0 Å². The lowest BCUT2D eigenvalue weighted by molar-refractivity contribution is -0.125. The molecule has 3 fully saturated rings. The van der Waals surface area contributed by atoms with Gasteiger partial charge in [-0.1, -0.05) is 31.0 Å². The van der Waals surface area contributed by atoms with E-state index < -0.39 is 15.3 Å². The predicted octanol–water partition coefficient (Wildman–Crippen LogP) is 5.79. The fourth-order valence-corrected chi connectivity index (χ4v) is 7.45. The molecule has 2 saturated carbocycles. The predicted molar refractivity (Wildman–Crippen MR) is 156 cm³/mol.